The number of para-hydroxylation sites is 1. The molecule has 4 aromatic carbocycles. The monoisotopic (exact) mass is 494 g/mol. The summed E-state index contributed by atoms with van der Waals surface area (Å²) in [5, 5.41) is 13.4. The summed E-state index contributed by atoms with van der Waals surface area (Å²) < 4.78 is 19.5. The minimum absolute atomic E-state index is 0.0273. The Kier molecular flexibility index (Phi) is 6.43. The maximum atomic E-state index is 13.5. The summed E-state index contributed by atoms with van der Waals surface area (Å²) in [6, 6.07) is 27.7. The van der Waals surface area contributed by atoms with Crippen LogP contribution in [0.2, 0.25) is 0 Å². The van der Waals surface area contributed by atoms with E-state index in [1.807, 2.05) is 72.6 Å². The summed E-state index contributed by atoms with van der Waals surface area (Å²) in [6.07, 6.45) is 0. The van der Waals surface area contributed by atoms with E-state index in [1.165, 1.54) is 24.3 Å². The molecular formula is C30H23FN2O4. The van der Waals surface area contributed by atoms with E-state index in [4.69, 9.17) is 4.42 Å². The number of hydrogen-bond donors (Lipinski definition) is 2. The number of hydrogen-bond acceptors (Lipinski definition) is 4. The lowest BCUT2D eigenvalue weighted by atomic mass is 9.98. The second kappa shape index (κ2) is 9.99. The molecule has 5 rings (SSSR count). The van der Waals surface area contributed by atoms with E-state index in [-0.39, 0.29) is 23.8 Å². The normalized spacial score (nSPS) is 10.9. The average molecular weight is 495 g/mol. The quantitative estimate of drug-likeness (QED) is 0.264. The smallest absolute Gasteiger partial charge is 0.340 e. The number of carbonyl (C=O) groups excluding carboxylic acids is 1. The maximum Gasteiger partial charge on any atom is 0.340 e. The van der Waals surface area contributed by atoms with Gasteiger partial charge in [0, 0.05) is 35.3 Å². The second-order valence-electron chi connectivity index (χ2n) is 8.62. The first-order valence-corrected chi connectivity index (χ1v) is 11.6. The zero-order valence-electron chi connectivity index (χ0n) is 19.9. The van der Waals surface area contributed by atoms with Crippen LogP contribution in [0.15, 0.2) is 101 Å². The SMILES string of the molecule is CN(CC(=O)Nc1cc2oc(-c3ccc(F)cc3)c(C(=O)O)c2cc1-c1ccccc1)c1ccccc1. The average Bonchev–Trinajstić information content (AvgIpc) is 3.28. The van der Waals surface area contributed by atoms with Crippen molar-refractivity contribution in [3.8, 4) is 22.5 Å². The van der Waals surface area contributed by atoms with Crippen molar-refractivity contribution in [3.05, 3.63) is 108 Å². The van der Waals surface area contributed by atoms with Crippen LogP contribution in [0, 0.1) is 5.82 Å². The van der Waals surface area contributed by atoms with Crippen molar-refractivity contribution >= 4 is 34.2 Å². The molecule has 2 N–H and O–H groups in total. The van der Waals surface area contributed by atoms with Crippen LogP contribution in [-0.4, -0.2) is 30.6 Å². The summed E-state index contributed by atoms with van der Waals surface area (Å²) in [5.74, 6) is -1.73. The van der Waals surface area contributed by atoms with Crippen molar-refractivity contribution in [3.63, 3.8) is 0 Å². The number of likely N-dealkylation sites (N-methyl/N-ethyl adjacent to an activating group) is 1. The Hall–Kier alpha value is -4.91. The molecule has 0 aliphatic rings. The van der Waals surface area contributed by atoms with Crippen LogP contribution < -0.4 is 10.2 Å². The van der Waals surface area contributed by atoms with Crippen molar-refractivity contribution < 1.29 is 23.5 Å². The van der Waals surface area contributed by atoms with Gasteiger partial charge < -0.3 is 19.7 Å². The first-order chi connectivity index (χ1) is 17.9. The number of halogens is 1. The molecule has 5 aromatic rings. The van der Waals surface area contributed by atoms with Gasteiger partial charge in [0.25, 0.3) is 0 Å². The van der Waals surface area contributed by atoms with Crippen molar-refractivity contribution in [2.75, 3.05) is 23.8 Å². The van der Waals surface area contributed by atoms with Crippen molar-refractivity contribution in [1.29, 1.82) is 0 Å². The summed E-state index contributed by atoms with van der Waals surface area (Å²) in [7, 11) is 1.83. The Labute approximate surface area is 212 Å². The van der Waals surface area contributed by atoms with Crippen LogP contribution in [-0.2, 0) is 4.79 Å². The van der Waals surface area contributed by atoms with Crippen molar-refractivity contribution in [2.45, 2.75) is 0 Å². The number of anilines is 2. The molecule has 0 atom stereocenters. The number of benzene rings is 4. The molecule has 1 amide bonds. The molecule has 0 aliphatic carbocycles. The third kappa shape index (κ3) is 4.92. The van der Waals surface area contributed by atoms with Gasteiger partial charge in [0.05, 0.1) is 12.2 Å². The third-order valence-corrected chi connectivity index (χ3v) is 6.09. The van der Waals surface area contributed by atoms with Crippen LogP contribution in [0.5, 0.6) is 0 Å². The van der Waals surface area contributed by atoms with Crippen LogP contribution in [0.1, 0.15) is 10.4 Å². The molecule has 0 radical (unpaired) electrons. The molecule has 1 aromatic heterocycles. The van der Waals surface area contributed by atoms with Crippen molar-refractivity contribution in [2.24, 2.45) is 0 Å². The molecule has 0 saturated carbocycles. The molecule has 0 fully saturated rings. The Morgan fingerprint density at radius 2 is 1.54 bits per heavy atom. The van der Waals surface area contributed by atoms with Gasteiger partial charge in [0.2, 0.25) is 5.91 Å². The molecular weight excluding hydrogens is 471 g/mol. The molecule has 7 heteroatoms. The largest absolute Gasteiger partial charge is 0.478 e. The molecule has 1 heterocycles. The molecule has 0 spiro atoms. The van der Waals surface area contributed by atoms with Crippen LogP contribution in [0.3, 0.4) is 0 Å². The summed E-state index contributed by atoms with van der Waals surface area (Å²) in [4.78, 5) is 27.2. The lowest BCUT2D eigenvalue weighted by Crippen LogP contribution is -2.30. The lowest BCUT2D eigenvalue weighted by Gasteiger charge is -2.19. The van der Waals surface area contributed by atoms with Crippen LogP contribution in [0.4, 0.5) is 15.8 Å². The molecule has 184 valence electrons. The van der Waals surface area contributed by atoms with E-state index >= 15 is 0 Å². The predicted molar refractivity (Wildman–Crippen MR) is 142 cm³/mol. The predicted octanol–water partition coefficient (Wildman–Crippen LogP) is 6.68. The Balaban J connectivity index is 1.59. The summed E-state index contributed by atoms with van der Waals surface area (Å²) >= 11 is 0. The fourth-order valence-corrected chi connectivity index (χ4v) is 4.30. The highest BCUT2D eigenvalue weighted by atomic mass is 19.1. The number of carboxylic acids is 1. The number of carboxylic acid groups (broad SMARTS) is 1. The van der Waals surface area contributed by atoms with E-state index in [9.17, 15) is 19.1 Å². The number of nitrogens with zero attached hydrogens (tertiary/aromatic N) is 1. The van der Waals surface area contributed by atoms with Gasteiger partial charge in [0.15, 0.2) is 0 Å². The van der Waals surface area contributed by atoms with Gasteiger partial charge in [-0.2, -0.15) is 0 Å². The Morgan fingerprint density at radius 3 is 2.19 bits per heavy atom. The fraction of sp³-hybridized carbons (Fsp3) is 0.0667. The first kappa shape index (κ1) is 23.8. The minimum Gasteiger partial charge on any atom is -0.478 e. The zero-order chi connectivity index (χ0) is 25.9. The van der Waals surface area contributed by atoms with Gasteiger partial charge in [-0.15, -0.1) is 0 Å². The molecule has 6 nitrogen and oxygen atoms in total. The van der Waals surface area contributed by atoms with Gasteiger partial charge in [-0.3, -0.25) is 4.79 Å². The number of rotatable bonds is 7. The molecule has 37 heavy (non-hydrogen) atoms. The van der Waals surface area contributed by atoms with E-state index < -0.39 is 11.8 Å². The van der Waals surface area contributed by atoms with Gasteiger partial charge in [-0.05, 0) is 48.0 Å². The molecule has 0 bridgehead atoms. The Bertz CT molecular complexity index is 1580. The summed E-state index contributed by atoms with van der Waals surface area (Å²) in [5.41, 5.74) is 3.55. The van der Waals surface area contributed by atoms with Gasteiger partial charge >= 0.3 is 5.97 Å². The van der Waals surface area contributed by atoms with Crippen molar-refractivity contribution in [1.82, 2.24) is 0 Å². The minimum atomic E-state index is -1.17. The topological polar surface area (TPSA) is 82.8 Å². The van der Waals surface area contributed by atoms with E-state index in [0.717, 1.165) is 11.3 Å². The van der Waals surface area contributed by atoms with E-state index in [1.54, 1.807) is 12.1 Å². The molecule has 0 unspecified atom stereocenters. The molecule has 0 aliphatic heterocycles. The first-order valence-electron chi connectivity index (χ1n) is 11.6. The van der Waals surface area contributed by atoms with Gasteiger partial charge in [-0.25, -0.2) is 9.18 Å². The number of nitrogens with one attached hydrogen (secondary N) is 1. The third-order valence-electron chi connectivity index (χ3n) is 6.09. The zero-order valence-corrected chi connectivity index (χ0v) is 19.9. The summed E-state index contributed by atoms with van der Waals surface area (Å²) in [6.45, 7) is 0.107. The number of fused-ring (bicyclic) bond motifs is 1. The lowest BCUT2D eigenvalue weighted by molar-refractivity contribution is -0.114. The fourth-order valence-electron chi connectivity index (χ4n) is 4.30. The van der Waals surface area contributed by atoms with Crippen LogP contribution in [0.25, 0.3) is 33.4 Å². The number of amides is 1. The van der Waals surface area contributed by atoms with E-state index in [2.05, 4.69) is 5.32 Å². The highest BCUT2D eigenvalue weighted by molar-refractivity contribution is 6.11. The number of carbonyl (C=O) groups is 2. The van der Waals surface area contributed by atoms with E-state index in [0.29, 0.717) is 27.8 Å². The van der Waals surface area contributed by atoms with Gasteiger partial charge in [-0.1, -0.05) is 48.5 Å². The van der Waals surface area contributed by atoms with Gasteiger partial charge in [0.1, 0.15) is 22.7 Å². The van der Waals surface area contributed by atoms with Crippen LogP contribution >= 0.6 is 0 Å². The number of furan rings is 1. The maximum absolute atomic E-state index is 13.5. The number of aromatic carboxylic acids is 1. The Morgan fingerprint density at radius 1 is 0.892 bits per heavy atom. The molecule has 0 saturated heterocycles. The second-order valence-corrected chi connectivity index (χ2v) is 8.62. The highest BCUT2D eigenvalue weighted by Gasteiger charge is 2.24. The standard InChI is InChI=1S/C30H23FN2O4/c1-33(22-10-6-3-7-11-22)18-27(34)32-25-17-26-24(16-23(25)19-8-4-2-5-9-19)28(30(35)36)29(37-26)20-12-14-21(31)15-13-20/h2-17H,18H2,1H3,(H,32,34)(H,35,36). The highest BCUT2D eigenvalue weighted by Crippen LogP contribution is 2.39.